The smallest absolute Gasteiger partial charge is 0.322 e. The van der Waals surface area contributed by atoms with Crippen LogP contribution in [-0.4, -0.2) is 24.1 Å². The second-order valence-corrected chi connectivity index (χ2v) is 5.94. The van der Waals surface area contributed by atoms with Gasteiger partial charge in [-0.25, -0.2) is 4.98 Å². The number of aromatic nitrogens is 1. The van der Waals surface area contributed by atoms with E-state index in [0.29, 0.717) is 12.2 Å². The molecule has 0 radical (unpaired) electrons. The zero-order valence-corrected chi connectivity index (χ0v) is 17.4. The molecule has 0 aliphatic rings. The number of methoxy groups -OCH3 is 1. The van der Waals surface area contributed by atoms with Crippen molar-refractivity contribution < 1.29 is 14.3 Å². The van der Waals surface area contributed by atoms with Crippen LogP contribution in [0.2, 0.25) is 0 Å². The minimum Gasteiger partial charge on any atom is -0.468 e. The molecule has 1 unspecified atom stereocenters. The van der Waals surface area contributed by atoms with Gasteiger partial charge in [0.1, 0.15) is 23.4 Å². The zero-order valence-electron chi connectivity index (χ0n) is 15.8. The van der Waals surface area contributed by atoms with Gasteiger partial charge < -0.3 is 20.5 Å². The summed E-state index contributed by atoms with van der Waals surface area (Å²) in [5.74, 6) is 1.79. The van der Waals surface area contributed by atoms with Crippen LogP contribution in [0.15, 0.2) is 72.9 Å². The maximum atomic E-state index is 11.4. The first-order valence-corrected chi connectivity index (χ1v) is 8.52. The summed E-state index contributed by atoms with van der Waals surface area (Å²) in [6.45, 7) is 0. The minimum absolute atomic E-state index is 0. The number of rotatable bonds is 7. The normalized spacial score (nSPS) is 10.7. The van der Waals surface area contributed by atoms with E-state index in [2.05, 4.69) is 15.0 Å². The molecule has 1 heterocycles. The molecule has 3 aromatic rings. The van der Waals surface area contributed by atoms with E-state index < -0.39 is 12.0 Å². The Morgan fingerprint density at radius 1 is 1.00 bits per heavy atom. The van der Waals surface area contributed by atoms with Crippen LogP contribution in [0.1, 0.15) is 5.56 Å². The average Bonchev–Trinajstić information content (AvgIpc) is 2.71. The second kappa shape index (κ2) is 11.9. The standard InChI is InChI=1S/C21H21N3O3.2ClH/c1-26-21(25)19(22)14-15-5-9-17(10-6-15)27-18-11-7-16(8-12-18)24-20-4-2-3-13-23-20;;/h2-13,19H,14,22H2,1H3,(H,23,24);2*1H. The molecule has 0 bridgehead atoms. The summed E-state index contributed by atoms with van der Waals surface area (Å²) in [7, 11) is 1.33. The molecule has 0 saturated carbocycles. The Hall–Kier alpha value is -2.80. The molecule has 0 amide bonds. The second-order valence-electron chi connectivity index (χ2n) is 5.94. The average molecular weight is 436 g/mol. The fourth-order valence-electron chi connectivity index (χ4n) is 2.51. The van der Waals surface area contributed by atoms with Crippen molar-refractivity contribution in [3.63, 3.8) is 0 Å². The van der Waals surface area contributed by atoms with E-state index in [1.54, 1.807) is 6.20 Å². The Balaban J connectivity index is 0.00000210. The van der Waals surface area contributed by atoms with Crippen LogP contribution < -0.4 is 15.8 Å². The molecule has 6 nitrogen and oxygen atoms in total. The highest BCUT2D eigenvalue weighted by molar-refractivity contribution is 5.85. The molecule has 3 rings (SSSR count). The maximum absolute atomic E-state index is 11.4. The van der Waals surface area contributed by atoms with Gasteiger partial charge >= 0.3 is 5.97 Å². The van der Waals surface area contributed by atoms with E-state index in [4.69, 9.17) is 10.5 Å². The number of anilines is 2. The molecule has 1 atom stereocenters. The molecule has 0 aliphatic carbocycles. The number of esters is 1. The molecular formula is C21H23Cl2N3O3. The molecule has 0 aliphatic heterocycles. The van der Waals surface area contributed by atoms with Crippen molar-refractivity contribution in [3.05, 3.63) is 78.5 Å². The Bertz CT molecular complexity index is 876. The lowest BCUT2D eigenvalue weighted by molar-refractivity contribution is -0.142. The number of benzene rings is 2. The summed E-state index contributed by atoms with van der Waals surface area (Å²) in [4.78, 5) is 15.6. The van der Waals surface area contributed by atoms with Crippen LogP contribution in [0.25, 0.3) is 0 Å². The first kappa shape index (κ1) is 24.2. The molecule has 0 spiro atoms. The number of nitrogens with zero attached hydrogens (tertiary/aromatic N) is 1. The van der Waals surface area contributed by atoms with Gasteiger partial charge in [-0.2, -0.15) is 0 Å². The van der Waals surface area contributed by atoms with E-state index in [1.807, 2.05) is 66.7 Å². The summed E-state index contributed by atoms with van der Waals surface area (Å²) in [6.07, 6.45) is 2.16. The predicted molar refractivity (Wildman–Crippen MR) is 119 cm³/mol. The third-order valence-corrected chi connectivity index (χ3v) is 3.91. The lowest BCUT2D eigenvalue weighted by Gasteiger charge is -2.11. The number of halogens is 2. The number of pyridine rings is 1. The highest BCUT2D eigenvalue weighted by Gasteiger charge is 2.14. The van der Waals surface area contributed by atoms with E-state index in [0.717, 1.165) is 22.8 Å². The zero-order chi connectivity index (χ0) is 19.1. The summed E-state index contributed by atoms with van der Waals surface area (Å²) < 4.78 is 10.5. The third kappa shape index (κ3) is 7.27. The molecule has 2 aromatic carbocycles. The van der Waals surface area contributed by atoms with Crippen LogP contribution >= 0.6 is 24.8 Å². The Morgan fingerprint density at radius 2 is 1.62 bits per heavy atom. The number of carbonyl (C=O) groups excluding carboxylic acids is 1. The van der Waals surface area contributed by atoms with E-state index in [-0.39, 0.29) is 24.8 Å². The van der Waals surface area contributed by atoms with Crippen LogP contribution in [0, 0.1) is 0 Å². The highest BCUT2D eigenvalue weighted by Crippen LogP contribution is 2.24. The monoisotopic (exact) mass is 435 g/mol. The Labute approximate surface area is 182 Å². The molecule has 29 heavy (non-hydrogen) atoms. The van der Waals surface area contributed by atoms with Gasteiger partial charge in [0.15, 0.2) is 0 Å². The number of hydrogen-bond acceptors (Lipinski definition) is 6. The molecule has 0 fully saturated rings. The molecule has 154 valence electrons. The predicted octanol–water partition coefficient (Wildman–Crippen LogP) is 4.50. The van der Waals surface area contributed by atoms with Gasteiger partial charge in [0.25, 0.3) is 0 Å². The fourth-order valence-corrected chi connectivity index (χ4v) is 2.51. The van der Waals surface area contributed by atoms with Crippen molar-refractivity contribution >= 4 is 42.3 Å². The van der Waals surface area contributed by atoms with Crippen molar-refractivity contribution in [1.29, 1.82) is 0 Å². The van der Waals surface area contributed by atoms with Gasteiger partial charge in [0.2, 0.25) is 0 Å². The summed E-state index contributed by atoms with van der Waals surface area (Å²) in [5.41, 5.74) is 7.64. The summed E-state index contributed by atoms with van der Waals surface area (Å²) in [6, 6.07) is 20.1. The largest absolute Gasteiger partial charge is 0.468 e. The van der Waals surface area contributed by atoms with Crippen molar-refractivity contribution in [3.8, 4) is 11.5 Å². The van der Waals surface area contributed by atoms with Crippen LogP contribution in [0.5, 0.6) is 11.5 Å². The van der Waals surface area contributed by atoms with Crippen molar-refractivity contribution in [2.24, 2.45) is 5.73 Å². The lowest BCUT2D eigenvalue weighted by atomic mass is 10.1. The van der Waals surface area contributed by atoms with Crippen molar-refractivity contribution in [1.82, 2.24) is 4.98 Å². The number of nitrogens with two attached hydrogens (primary N) is 1. The number of carbonyl (C=O) groups is 1. The van der Waals surface area contributed by atoms with Crippen molar-refractivity contribution in [2.75, 3.05) is 12.4 Å². The van der Waals surface area contributed by atoms with Gasteiger partial charge in [-0.1, -0.05) is 18.2 Å². The van der Waals surface area contributed by atoms with Gasteiger partial charge in [0.05, 0.1) is 7.11 Å². The first-order valence-electron chi connectivity index (χ1n) is 8.52. The summed E-state index contributed by atoms with van der Waals surface area (Å²) in [5, 5.41) is 3.22. The van der Waals surface area contributed by atoms with Crippen molar-refractivity contribution in [2.45, 2.75) is 12.5 Å². The lowest BCUT2D eigenvalue weighted by Crippen LogP contribution is -2.33. The van der Waals surface area contributed by atoms with Crippen LogP contribution in [0.3, 0.4) is 0 Å². The van der Waals surface area contributed by atoms with Gasteiger partial charge in [-0.15, -0.1) is 24.8 Å². The van der Waals surface area contributed by atoms with Gasteiger partial charge in [-0.05, 0) is 60.5 Å². The third-order valence-electron chi connectivity index (χ3n) is 3.91. The quantitative estimate of drug-likeness (QED) is 0.531. The summed E-state index contributed by atoms with van der Waals surface area (Å²) >= 11 is 0. The SMILES string of the molecule is COC(=O)C(N)Cc1ccc(Oc2ccc(Nc3ccccn3)cc2)cc1.Cl.Cl. The molecule has 3 N–H and O–H groups in total. The Kier molecular flexibility index (Phi) is 9.96. The van der Waals surface area contributed by atoms with Crippen LogP contribution in [0.4, 0.5) is 11.5 Å². The maximum Gasteiger partial charge on any atom is 0.322 e. The highest BCUT2D eigenvalue weighted by atomic mass is 35.5. The molecule has 8 heteroatoms. The van der Waals surface area contributed by atoms with E-state index in [9.17, 15) is 4.79 Å². The minimum atomic E-state index is -0.666. The molecule has 0 saturated heterocycles. The number of ether oxygens (including phenoxy) is 2. The number of hydrogen-bond donors (Lipinski definition) is 2. The Morgan fingerprint density at radius 3 is 2.17 bits per heavy atom. The van der Waals surface area contributed by atoms with Gasteiger partial charge in [0, 0.05) is 11.9 Å². The van der Waals surface area contributed by atoms with Gasteiger partial charge in [-0.3, -0.25) is 4.79 Å². The van der Waals surface area contributed by atoms with Crippen LogP contribution in [-0.2, 0) is 16.0 Å². The van der Waals surface area contributed by atoms with E-state index in [1.165, 1.54) is 7.11 Å². The fraction of sp³-hybridized carbons (Fsp3) is 0.143. The molecular weight excluding hydrogens is 413 g/mol. The topological polar surface area (TPSA) is 86.5 Å². The number of nitrogens with one attached hydrogen (secondary N) is 1. The first-order chi connectivity index (χ1) is 13.1. The molecule has 1 aromatic heterocycles. The van der Waals surface area contributed by atoms with E-state index >= 15 is 0 Å².